The van der Waals surface area contributed by atoms with Crippen LogP contribution in [0.5, 0.6) is 0 Å². The van der Waals surface area contributed by atoms with Crippen molar-refractivity contribution in [2.75, 3.05) is 14.2 Å². The quantitative estimate of drug-likeness (QED) is 0.575. The molecule has 2 atom stereocenters. The molecule has 1 aliphatic heterocycles. The van der Waals surface area contributed by atoms with E-state index in [4.69, 9.17) is 0 Å². The summed E-state index contributed by atoms with van der Waals surface area (Å²) in [6.45, 7) is 0. The van der Waals surface area contributed by atoms with Gasteiger partial charge in [0.05, 0.1) is 7.11 Å². The van der Waals surface area contributed by atoms with Crippen molar-refractivity contribution in [2.45, 2.75) is 25.1 Å². The van der Waals surface area contributed by atoms with Crippen molar-refractivity contribution >= 4 is 11.8 Å². The highest BCUT2D eigenvalue weighted by molar-refractivity contribution is 6.00. The van der Waals surface area contributed by atoms with Gasteiger partial charge in [0.2, 0.25) is 5.91 Å². The number of alkyl halides is 3. The number of nitrogens with zero attached hydrogens (tertiary/aromatic N) is 1. The van der Waals surface area contributed by atoms with Crippen molar-refractivity contribution < 1.29 is 27.6 Å². The second-order valence-corrected chi connectivity index (χ2v) is 3.75. The Morgan fingerprint density at radius 1 is 1.47 bits per heavy atom. The average Bonchev–Trinajstić information content (AvgIpc) is 2.25. The van der Waals surface area contributed by atoms with Crippen molar-refractivity contribution in [1.29, 1.82) is 0 Å². The largest absolute Gasteiger partial charge is 0.408 e. The van der Waals surface area contributed by atoms with E-state index in [0.29, 0.717) is 0 Å². The summed E-state index contributed by atoms with van der Waals surface area (Å²) in [7, 11) is 2.53. The van der Waals surface area contributed by atoms with Crippen LogP contribution in [-0.4, -0.2) is 43.3 Å². The zero-order valence-electron chi connectivity index (χ0n) is 9.37. The first-order valence-electron chi connectivity index (χ1n) is 4.96. The Morgan fingerprint density at radius 3 is 2.47 bits per heavy atom. The van der Waals surface area contributed by atoms with Gasteiger partial charge in [-0.15, -0.1) is 0 Å². The van der Waals surface area contributed by atoms with Gasteiger partial charge in [-0.3, -0.25) is 14.4 Å². The number of piperidine rings is 1. The molecule has 0 aromatic heterocycles. The lowest BCUT2D eigenvalue weighted by atomic mass is 9.93. The van der Waals surface area contributed by atoms with Crippen LogP contribution in [0, 0.1) is 5.92 Å². The molecule has 5 nitrogen and oxygen atoms in total. The minimum Gasteiger partial charge on any atom is -0.344 e. The fourth-order valence-electron chi connectivity index (χ4n) is 1.60. The fraction of sp³-hybridized carbons (Fsp3) is 0.778. The van der Waals surface area contributed by atoms with Gasteiger partial charge in [0, 0.05) is 7.05 Å². The monoisotopic (exact) mass is 254 g/mol. The van der Waals surface area contributed by atoms with Crippen LogP contribution in [0.2, 0.25) is 0 Å². The molecule has 0 radical (unpaired) electrons. The van der Waals surface area contributed by atoms with Crippen LogP contribution in [0.1, 0.15) is 12.8 Å². The number of hydrogen-bond acceptors (Lipinski definition) is 3. The van der Waals surface area contributed by atoms with E-state index in [2.05, 4.69) is 4.84 Å². The van der Waals surface area contributed by atoms with Crippen LogP contribution < -0.4 is 5.32 Å². The third-order valence-corrected chi connectivity index (χ3v) is 2.65. The molecular weight excluding hydrogens is 241 g/mol. The number of carbonyl (C=O) groups is 2. The summed E-state index contributed by atoms with van der Waals surface area (Å²) in [5, 5.41) is 2.63. The maximum atomic E-state index is 12.3. The lowest BCUT2D eigenvalue weighted by Gasteiger charge is -2.31. The number of amides is 2. The zero-order valence-corrected chi connectivity index (χ0v) is 9.37. The first-order chi connectivity index (χ1) is 7.77. The van der Waals surface area contributed by atoms with Gasteiger partial charge < -0.3 is 5.32 Å². The average molecular weight is 254 g/mol. The second-order valence-electron chi connectivity index (χ2n) is 3.75. The van der Waals surface area contributed by atoms with Crippen LogP contribution in [0.3, 0.4) is 0 Å². The molecule has 2 amide bonds. The van der Waals surface area contributed by atoms with Crippen LogP contribution in [0.25, 0.3) is 0 Å². The van der Waals surface area contributed by atoms with Crippen molar-refractivity contribution in [3.63, 3.8) is 0 Å². The molecule has 0 spiro atoms. The third kappa shape index (κ3) is 3.09. The molecule has 98 valence electrons. The van der Waals surface area contributed by atoms with Gasteiger partial charge in [-0.1, -0.05) is 0 Å². The second kappa shape index (κ2) is 4.91. The molecule has 0 saturated carbocycles. The molecule has 1 heterocycles. The van der Waals surface area contributed by atoms with Crippen LogP contribution in [-0.2, 0) is 14.4 Å². The zero-order chi connectivity index (χ0) is 13.2. The molecule has 0 unspecified atom stereocenters. The number of hydrogen-bond donors (Lipinski definition) is 1. The van der Waals surface area contributed by atoms with E-state index in [1.165, 1.54) is 14.2 Å². The lowest BCUT2D eigenvalue weighted by molar-refractivity contribution is -0.183. The van der Waals surface area contributed by atoms with E-state index >= 15 is 0 Å². The summed E-state index contributed by atoms with van der Waals surface area (Å²) >= 11 is 0. The fourth-order valence-corrected chi connectivity index (χ4v) is 1.60. The molecule has 0 aromatic carbocycles. The van der Waals surface area contributed by atoms with E-state index < -0.39 is 30.0 Å². The number of nitrogens with one attached hydrogen (secondary N) is 1. The van der Waals surface area contributed by atoms with Gasteiger partial charge >= 0.3 is 6.18 Å². The molecule has 1 saturated heterocycles. The molecule has 8 heteroatoms. The van der Waals surface area contributed by atoms with Gasteiger partial charge in [-0.05, 0) is 12.8 Å². The van der Waals surface area contributed by atoms with E-state index in [1.54, 1.807) is 5.32 Å². The normalized spacial score (nSPS) is 25.4. The molecule has 0 aliphatic carbocycles. The smallest absolute Gasteiger partial charge is 0.344 e. The third-order valence-electron chi connectivity index (χ3n) is 2.65. The molecule has 0 aromatic rings. The van der Waals surface area contributed by atoms with Crippen LogP contribution >= 0.6 is 0 Å². The van der Waals surface area contributed by atoms with E-state index in [-0.39, 0.29) is 12.8 Å². The number of halogens is 3. The van der Waals surface area contributed by atoms with Crippen LogP contribution in [0.15, 0.2) is 0 Å². The van der Waals surface area contributed by atoms with E-state index in [1.807, 2.05) is 0 Å². The van der Waals surface area contributed by atoms with Crippen molar-refractivity contribution in [3.05, 3.63) is 0 Å². The highest BCUT2D eigenvalue weighted by Gasteiger charge is 2.46. The molecule has 17 heavy (non-hydrogen) atoms. The maximum absolute atomic E-state index is 12.3. The molecule has 0 bridgehead atoms. The Bertz CT molecular complexity index is 319. The van der Waals surface area contributed by atoms with Gasteiger partial charge in [-0.25, -0.2) is 5.06 Å². The first kappa shape index (κ1) is 13.8. The van der Waals surface area contributed by atoms with Crippen molar-refractivity contribution in [1.82, 2.24) is 10.4 Å². The summed E-state index contributed by atoms with van der Waals surface area (Å²) in [6, 6.07) is -1.87. The summed E-state index contributed by atoms with van der Waals surface area (Å²) in [5.41, 5.74) is 0. The maximum Gasteiger partial charge on any atom is 0.408 e. The first-order valence-corrected chi connectivity index (χ1v) is 4.96. The summed E-state index contributed by atoms with van der Waals surface area (Å²) in [4.78, 5) is 27.5. The Kier molecular flexibility index (Phi) is 3.97. The van der Waals surface area contributed by atoms with Gasteiger partial charge in [0.15, 0.2) is 0 Å². The van der Waals surface area contributed by atoms with Gasteiger partial charge in [0.1, 0.15) is 12.0 Å². The van der Waals surface area contributed by atoms with Crippen molar-refractivity contribution in [3.8, 4) is 0 Å². The number of rotatable bonds is 2. The predicted molar refractivity (Wildman–Crippen MR) is 50.5 cm³/mol. The molecular formula is C9H13F3N2O3. The van der Waals surface area contributed by atoms with Crippen LogP contribution in [0.4, 0.5) is 13.2 Å². The Balaban J connectivity index is 2.66. The topological polar surface area (TPSA) is 58.6 Å². The lowest BCUT2D eigenvalue weighted by Crippen LogP contribution is -2.54. The molecule has 1 N–H and O–H groups in total. The van der Waals surface area contributed by atoms with Gasteiger partial charge in [0.25, 0.3) is 5.91 Å². The minimum atomic E-state index is -4.48. The standard InChI is InChI=1S/C9H13F3N2O3/c1-14(17-2)8(16)5-3-4-6(9(10,11)12)13-7(5)15/h5-6H,3-4H2,1-2H3,(H,13,15)/t5-,6-/m0/s1. The number of hydroxylamine groups is 2. The van der Waals surface area contributed by atoms with E-state index in [0.717, 1.165) is 5.06 Å². The Morgan fingerprint density at radius 2 is 2.06 bits per heavy atom. The summed E-state index contributed by atoms with van der Waals surface area (Å²) < 4.78 is 37.0. The predicted octanol–water partition coefficient (Wildman–Crippen LogP) is 0.463. The highest BCUT2D eigenvalue weighted by atomic mass is 19.4. The minimum absolute atomic E-state index is 0.136. The summed E-state index contributed by atoms with van der Waals surface area (Å²) in [6.07, 6.45) is -4.91. The van der Waals surface area contributed by atoms with Crippen molar-refractivity contribution in [2.24, 2.45) is 5.92 Å². The SMILES string of the molecule is CON(C)C(=O)[C@H]1CC[C@@H](C(F)(F)F)NC1=O. The molecule has 1 rings (SSSR count). The Hall–Kier alpha value is -1.31. The summed E-state index contributed by atoms with van der Waals surface area (Å²) in [5.74, 6) is -2.67. The Labute approximate surface area is 95.8 Å². The molecule has 1 fully saturated rings. The van der Waals surface area contributed by atoms with Gasteiger partial charge in [-0.2, -0.15) is 13.2 Å². The molecule has 1 aliphatic rings. The highest BCUT2D eigenvalue weighted by Crippen LogP contribution is 2.28. The number of carbonyl (C=O) groups excluding carboxylic acids is 2. The van der Waals surface area contributed by atoms with E-state index in [9.17, 15) is 22.8 Å².